The molecule has 5 nitrogen and oxygen atoms in total. The second kappa shape index (κ2) is 16.2. The van der Waals surface area contributed by atoms with Crippen molar-refractivity contribution >= 4 is 29.4 Å². The fourth-order valence-corrected chi connectivity index (χ4v) is 4.65. The number of hydrogen-bond donors (Lipinski definition) is 0. The number of nitrogens with zero attached hydrogens (tertiary/aromatic N) is 3. The van der Waals surface area contributed by atoms with Crippen LogP contribution in [0, 0.1) is 0 Å². The van der Waals surface area contributed by atoms with E-state index in [1.54, 1.807) is 0 Å². The fourth-order valence-electron chi connectivity index (χ4n) is 3.81. The molecule has 1 fully saturated rings. The highest BCUT2D eigenvalue weighted by molar-refractivity contribution is 7.99. The summed E-state index contributed by atoms with van der Waals surface area (Å²) in [6.07, 6.45) is 9.50. The van der Waals surface area contributed by atoms with Crippen molar-refractivity contribution in [3.05, 3.63) is 71.8 Å². The van der Waals surface area contributed by atoms with Crippen LogP contribution in [0.25, 0.3) is 6.08 Å². The molecular formula is C29H39N3O2S. The Balaban J connectivity index is 0.00000167. The maximum absolute atomic E-state index is 5.87. The van der Waals surface area contributed by atoms with Crippen LogP contribution in [0.3, 0.4) is 0 Å². The molecular weight excluding hydrogens is 454 g/mol. The van der Waals surface area contributed by atoms with Gasteiger partial charge in [0.15, 0.2) is 0 Å². The third kappa shape index (κ3) is 9.90. The first-order chi connectivity index (χ1) is 17.4. The number of piperidine rings is 1. The standard InChI is InChI=1S/C27H33N3O2S.C2H6/c1-3-10-26(11-4-1)31-19-8-20-33-22-25-21-32-27(29-28-25)24-14-12-23(13-15-24)9-7-18-30-16-5-2-6-17-30;1-2/h1,3-4,7,9-15H,2,5-6,8,16-22H2;1-2H3/b9-7+;. The van der Waals surface area contributed by atoms with Crippen molar-refractivity contribution in [2.24, 2.45) is 10.2 Å². The van der Waals surface area contributed by atoms with Gasteiger partial charge in [-0.2, -0.15) is 16.9 Å². The first kappa shape index (κ1) is 27.0. The summed E-state index contributed by atoms with van der Waals surface area (Å²) in [5.74, 6) is 3.39. The third-order valence-electron chi connectivity index (χ3n) is 5.65. The van der Waals surface area contributed by atoms with Gasteiger partial charge in [-0.25, -0.2) is 0 Å². The van der Waals surface area contributed by atoms with Gasteiger partial charge >= 0.3 is 0 Å². The van der Waals surface area contributed by atoms with Crippen molar-refractivity contribution in [2.75, 3.05) is 44.4 Å². The lowest BCUT2D eigenvalue weighted by Gasteiger charge is -2.24. The average Bonchev–Trinajstić information content (AvgIpc) is 2.94. The van der Waals surface area contributed by atoms with E-state index in [1.165, 1.54) is 37.9 Å². The molecule has 0 spiro atoms. The molecule has 2 aromatic carbocycles. The number of thioether (sulfide) groups is 1. The third-order valence-corrected chi connectivity index (χ3v) is 6.77. The van der Waals surface area contributed by atoms with Crippen LogP contribution in [0.15, 0.2) is 70.9 Å². The van der Waals surface area contributed by atoms with E-state index in [1.807, 2.05) is 55.9 Å². The number of ether oxygens (including phenoxy) is 2. The van der Waals surface area contributed by atoms with Gasteiger partial charge in [0.1, 0.15) is 12.4 Å². The summed E-state index contributed by atoms with van der Waals surface area (Å²) >= 11 is 1.84. The topological polar surface area (TPSA) is 46.4 Å². The van der Waals surface area contributed by atoms with Crippen molar-refractivity contribution in [1.29, 1.82) is 0 Å². The van der Waals surface area contributed by atoms with E-state index in [2.05, 4.69) is 51.5 Å². The number of rotatable bonds is 11. The molecule has 0 radical (unpaired) electrons. The Labute approximate surface area is 215 Å². The zero-order chi connectivity index (χ0) is 24.6. The lowest BCUT2D eigenvalue weighted by molar-refractivity contribution is 0.252. The van der Waals surface area contributed by atoms with Crippen molar-refractivity contribution in [3.63, 3.8) is 0 Å². The minimum Gasteiger partial charge on any atom is -0.494 e. The molecule has 0 unspecified atom stereocenters. The van der Waals surface area contributed by atoms with E-state index in [0.29, 0.717) is 12.5 Å². The van der Waals surface area contributed by atoms with Gasteiger partial charge < -0.3 is 9.47 Å². The van der Waals surface area contributed by atoms with Crippen LogP contribution in [0.4, 0.5) is 0 Å². The molecule has 0 amide bonds. The summed E-state index contributed by atoms with van der Waals surface area (Å²) in [6, 6.07) is 18.3. The highest BCUT2D eigenvalue weighted by atomic mass is 32.2. The zero-order valence-electron chi connectivity index (χ0n) is 21.2. The van der Waals surface area contributed by atoms with E-state index in [-0.39, 0.29) is 0 Å². The monoisotopic (exact) mass is 493 g/mol. The van der Waals surface area contributed by atoms with Gasteiger partial charge in [-0.05, 0) is 67.9 Å². The molecule has 2 aliphatic rings. The number of benzene rings is 2. The summed E-state index contributed by atoms with van der Waals surface area (Å²) in [4.78, 5) is 2.52. The molecule has 2 aliphatic heterocycles. The zero-order valence-corrected chi connectivity index (χ0v) is 22.0. The molecule has 0 N–H and O–H groups in total. The van der Waals surface area contributed by atoms with Gasteiger partial charge in [-0.1, -0.05) is 62.8 Å². The van der Waals surface area contributed by atoms with E-state index in [9.17, 15) is 0 Å². The highest BCUT2D eigenvalue weighted by Gasteiger charge is 2.13. The molecule has 0 atom stereocenters. The van der Waals surface area contributed by atoms with Crippen molar-refractivity contribution < 1.29 is 9.47 Å². The molecule has 0 aliphatic carbocycles. The minimum absolute atomic E-state index is 0.504. The van der Waals surface area contributed by atoms with Crippen LogP contribution in [-0.4, -0.2) is 60.9 Å². The van der Waals surface area contributed by atoms with Gasteiger partial charge in [0, 0.05) is 17.9 Å². The Kier molecular flexibility index (Phi) is 12.5. The maximum atomic E-state index is 5.87. The lowest BCUT2D eigenvalue weighted by Crippen LogP contribution is -2.29. The Morgan fingerprint density at radius 3 is 2.46 bits per heavy atom. The van der Waals surface area contributed by atoms with Crippen molar-refractivity contribution in [3.8, 4) is 5.75 Å². The van der Waals surface area contributed by atoms with Gasteiger partial charge in [0.05, 0.1) is 12.3 Å². The summed E-state index contributed by atoms with van der Waals surface area (Å²) in [6.45, 7) is 8.72. The van der Waals surface area contributed by atoms with Gasteiger partial charge in [-0.3, -0.25) is 4.90 Å². The van der Waals surface area contributed by atoms with Crippen LogP contribution in [0.5, 0.6) is 5.75 Å². The van der Waals surface area contributed by atoms with Gasteiger partial charge in [-0.15, -0.1) is 5.10 Å². The molecule has 0 saturated carbocycles. The normalized spacial score (nSPS) is 16.1. The number of likely N-dealkylation sites (tertiary alicyclic amines) is 1. The lowest BCUT2D eigenvalue weighted by atomic mass is 10.1. The molecule has 0 aromatic heterocycles. The van der Waals surface area contributed by atoms with E-state index < -0.39 is 0 Å². The van der Waals surface area contributed by atoms with Crippen molar-refractivity contribution in [2.45, 2.75) is 39.5 Å². The SMILES string of the molecule is C(=C\c1ccc(C2=NN=C(CSCCCOc3ccccc3)CO2)cc1)/CN1CCCCC1.CC. The van der Waals surface area contributed by atoms with Gasteiger partial charge in [0.25, 0.3) is 0 Å². The van der Waals surface area contributed by atoms with Crippen molar-refractivity contribution in [1.82, 2.24) is 4.90 Å². The maximum Gasteiger partial charge on any atom is 0.241 e. The molecule has 0 bridgehead atoms. The summed E-state index contributed by atoms with van der Waals surface area (Å²) in [5.41, 5.74) is 3.14. The van der Waals surface area contributed by atoms with E-state index in [4.69, 9.17) is 9.47 Å². The van der Waals surface area contributed by atoms with Gasteiger partial charge in [0.2, 0.25) is 5.90 Å². The number of hydrogen-bond acceptors (Lipinski definition) is 6. The Morgan fingerprint density at radius 1 is 0.971 bits per heavy atom. The fraction of sp³-hybridized carbons (Fsp3) is 0.448. The van der Waals surface area contributed by atoms with E-state index in [0.717, 1.165) is 48.1 Å². The predicted molar refractivity (Wildman–Crippen MR) is 151 cm³/mol. The molecule has 35 heavy (non-hydrogen) atoms. The second-order valence-corrected chi connectivity index (χ2v) is 9.42. The summed E-state index contributed by atoms with van der Waals surface area (Å²) in [5, 5.41) is 8.69. The molecule has 2 heterocycles. The molecule has 4 rings (SSSR count). The number of para-hydroxylation sites is 1. The molecule has 1 saturated heterocycles. The van der Waals surface area contributed by atoms with Crippen LogP contribution in [0.1, 0.15) is 50.7 Å². The summed E-state index contributed by atoms with van der Waals surface area (Å²) < 4.78 is 11.6. The van der Waals surface area contributed by atoms with Crippen LogP contribution in [-0.2, 0) is 4.74 Å². The Hall–Kier alpha value is -2.57. The minimum atomic E-state index is 0.504. The largest absolute Gasteiger partial charge is 0.494 e. The van der Waals surface area contributed by atoms with E-state index >= 15 is 0 Å². The van der Waals surface area contributed by atoms with Crippen LogP contribution < -0.4 is 4.74 Å². The first-order valence-electron chi connectivity index (χ1n) is 12.9. The smallest absolute Gasteiger partial charge is 0.241 e. The Morgan fingerprint density at radius 2 is 1.74 bits per heavy atom. The quantitative estimate of drug-likeness (QED) is 0.333. The Bertz CT molecular complexity index is 936. The highest BCUT2D eigenvalue weighted by Crippen LogP contribution is 2.14. The van der Waals surface area contributed by atoms with Crippen LogP contribution >= 0.6 is 11.8 Å². The first-order valence-corrected chi connectivity index (χ1v) is 14.0. The predicted octanol–water partition coefficient (Wildman–Crippen LogP) is 6.55. The average molecular weight is 494 g/mol. The second-order valence-electron chi connectivity index (χ2n) is 8.31. The molecule has 2 aromatic rings. The molecule has 6 heteroatoms. The molecule has 188 valence electrons. The summed E-state index contributed by atoms with van der Waals surface area (Å²) in [7, 11) is 0. The van der Waals surface area contributed by atoms with Crippen LogP contribution in [0.2, 0.25) is 0 Å².